The Kier molecular flexibility index (Phi) is 6.03. The third-order valence-corrected chi connectivity index (χ3v) is 4.66. The highest BCUT2D eigenvalue weighted by Crippen LogP contribution is 2.24. The van der Waals surface area contributed by atoms with Crippen LogP contribution >= 0.6 is 0 Å². The molecule has 3 rings (SSSR count). The van der Waals surface area contributed by atoms with E-state index in [1.165, 1.54) is 36.3 Å². The number of ether oxygens (including phenoxy) is 2. The Morgan fingerprint density at radius 1 is 1.07 bits per heavy atom. The molecular weight excluding hydrogens is 365 g/mol. The Bertz CT molecular complexity index is 881. The maximum Gasteiger partial charge on any atom is 0.328 e. The highest BCUT2D eigenvalue weighted by Gasteiger charge is 2.35. The van der Waals surface area contributed by atoms with Crippen molar-refractivity contribution in [3.63, 3.8) is 0 Å². The van der Waals surface area contributed by atoms with Gasteiger partial charge in [-0.05, 0) is 28.8 Å². The second-order valence-corrected chi connectivity index (χ2v) is 6.50. The minimum absolute atomic E-state index is 0.0726. The van der Waals surface area contributed by atoms with Crippen molar-refractivity contribution in [2.45, 2.75) is 25.4 Å². The van der Waals surface area contributed by atoms with E-state index >= 15 is 0 Å². The lowest BCUT2D eigenvalue weighted by molar-refractivity contribution is -0.159. The summed E-state index contributed by atoms with van der Waals surface area (Å²) in [6, 6.07) is 12.2. The van der Waals surface area contributed by atoms with E-state index in [9.17, 15) is 18.8 Å². The molecule has 0 aliphatic carbocycles. The molecule has 146 valence electrons. The van der Waals surface area contributed by atoms with Crippen molar-refractivity contribution in [2.75, 3.05) is 13.7 Å². The number of nitrogens with zero attached hydrogens (tertiary/aromatic N) is 1. The number of rotatable bonds is 5. The van der Waals surface area contributed by atoms with Gasteiger partial charge in [0.05, 0.1) is 13.5 Å². The van der Waals surface area contributed by atoms with Gasteiger partial charge < -0.3 is 14.4 Å². The van der Waals surface area contributed by atoms with Gasteiger partial charge in [-0.2, -0.15) is 0 Å². The quantitative estimate of drug-likeness (QED) is 0.737. The van der Waals surface area contributed by atoms with Crippen LogP contribution in [0.15, 0.2) is 48.5 Å². The number of esters is 2. The molecule has 28 heavy (non-hydrogen) atoms. The summed E-state index contributed by atoms with van der Waals surface area (Å²) < 4.78 is 22.8. The molecule has 0 aromatic heterocycles. The topological polar surface area (TPSA) is 72.9 Å². The van der Waals surface area contributed by atoms with Crippen LogP contribution in [0, 0.1) is 5.82 Å². The van der Waals surface area contributed by atoms with Gasteiger partial charge in [0.25, 0.3) is 5.91 Å². The molecule has 2 aromatic carbocycles. The molecule has 1 amide bonds. The van der Waals surface area contributed by atoms with Crippen molar-refractivity contribution in [1.29, 1.82) is 0 Å². The summed E-state index contributed by atoms with van der Waals surface area (Å²) >= 11 is 0. The van der Waals surface area contributed by atoms with Crippen molar-refractivity contribution in [1.82, 2.24) is 4.90 Å². The summed E-state index contributed by atoms with van der Waals surface area (Å²) in [5, 5.41) is 0. The molecule has 2 aromatic rings. The summed E-state index contributed by atoms with van der Waals surface area (Å²) in [4.78, 5) is 38.1. The van der Waals surface area contributed by atoms with Gasteiger partial charge in [0.1, 0.15) is 11.9 Å². The van der Waals surface area contributed by atoms with E-state index in [1.54, 1.807) is 0 Å². The van der Waals surface area contributed by atoms with E-state index in [4.69, 9.17) is 9.47 Å². The van der Waals surface area contributed by atoms with Gasteiger partial charge in [0, 0.05) is 13.0 Å². The third kappa shape index (κ3) is 4.54. The summed E-state index contributed by atoms with van der Waals surface area (Å²) in [5.74, 6) is -1.99. The van der Waals surface area contributed by atoms with E-state index in [0.29, 0.717) is 12.0 Å². The van der Waals surface area contributed by atoms with Crippen LogP contribution in [0.4, 0.5) is 4.39 Å². The highest BCUT2D eigenvalue weighted by molar-refractivity contribution is 5.87. The highest BCUT2D eigenvalue weighted by atomic mass is 19.1. The Hall–Kier alpha value is -3.22. The second-order valence-electron chi connectivity index (χ2n) is 6.50. The predicted octanol–water partition coefficient (Wildman–Crippen LogP) is 2.04. The number of benzene rings is 2. The van der Waals surface area contributed by atoms with E-state index in [1.807, 2.05) is 24.3 Å². The molecular formula is C21H20FNO5. The molecule has 0 saturated heterocycles. The van der Waals surface area contributed by atoms with Crippen LogP contribution in [-0.4, -0.2) is 42.5 Å². The zero-order chi connectivity index (χ0) is 20.1. The molecule has 0 N–H and O–H groups in total. The predicted molar refractivity (Wildman–Crippen MR) is 97.6 cm³/mol. The summed E-state index contributed by atoms with van der Waals surface area (Å²) in [6.45, 7) is -0.236. The number of amides is 1. The van der Waals surface area contributed by atoms with Crippen LogP contribution in [0.25, 0.3) is 0 Å². The van der Waals surface area contributed by atoms with Crippen molar-refractivity contribution in [3.05, 3.63) is 71.0 Å². The molecule has 1 heterocycles. The Morgan fingerprint density at radius 2 is 1.75 bits per heavy atom. The van der Waals surface area contributed by atoms with Crippen LogP contribution in [0.1, 0.15) is 16.7 Å². The fourth-order valence-corrected chi connectivity index (χ4v) is 3.18. The van der Waals surface area contributed by atoms with Crippen LogP contribution in [-0.2, 0) is 43.2 Å². The number of methoxy groups -OCH3 is 1. The number of halogens is 1. The number of fused-ring (bicyclic) bond motifs is 1. The maximum atomic E-state index is 12.9. The van der Waals surface area contributed by atoms with Gasteiger partial charge >= 0.3 is 11.9 Å². The Morgan fingerprint density at radius 3 is 2.43 bits per heavy atom. The molecule has 0 spiro atoms. The van der Waals surface area contributed by atoms with Crippen molar-refractivity contribution >= 4 is 17.8 Å². The van der Waals surface area contributed by atoms with Crippen molar-refractivity contribution < 1.29 is 28.2 Å². The average Bonchev–Trinajstić information content (AvgIpc) is 2.72. The van der Waals surface area contributed by atoms with Gasteiger partial charge in [-0.15, -0.1) is 0 Å². The monoisotopic (exact) mass is 385 g/mol. The van der Waals surface area contributed by atoms with Crippen LogP contribution in [0.2, 0.25) is 0 Å². The fourth-order valence-electron chi connectivity index (χ4n) is 3.18. The molecule has 0 bridgehead atoms. The largest absolute Gasteiger partial charge is 0.467 e. The standard InChI is InChI=1S/C21H20FNO5/c1-27-21(26)18-11-15-4-2-3-5-16(15)12-23(18)19(24)13-28-20(25)10-14-6-8-17(22)9-7-14/h2-9,18H,10-13H2,1H3/t18-/m1/s1. The molecule has 1 atom stereocenters. The van der Waals surface area contributed by atoms with Gasteiger partial charge in [-0.1, -0.05) is 36.4 Å². The lowest BCUT2D eigenvalue weighted by Crippen LogP contribution is -2.50. The van der Waals surface area contributed by atoms with Gasteiger partial charge in [-0.3, -0.25) is 9.59 Å². The molecule has 1 aliphatic rings. The average molecular weight is 385 g/mol. The lowest BCUT2D eigenvalue weighted by Gasteiger charge is -2.35. The third-order valence-electron chi connectivity index (χ3n) is 4.66. The molecule has 0 fully saturated rings. The van der Waals surface area contributed by atoms with Gasteiger partial charge in [0.2, 0.25) is 0 Å². The SMILES string of the molecule is COC(=O)[C@H]1Cc2ccccc2CN1C(=O)COC(=O)Cc1ccc(F)cc1. The fraction of sp³-hybridized carbons (Fsp3) is 0.286. The number of carbonyl (C=O) groups is 3. The molecule has 7 heteroatoms. The molecule has 1 aliphatic heterocycles. The first kappa shape index (κ1) is 19.5. The molecule has 0 unspecified atom stereocenters. The summed E-state index contributed by atoms with van der Waals surface area (Å²) in [7, 11) is 1.27. The van der Waals surface area contributed by atoms with Crippen LogP contribution < -0.4 is 0 Å². The minimum Gasteiger partial charge on any atom is -0.467 e. The van der Waals surface area contributed by atoms with Gasteiger partial charge in [-0.25, -0.2) is 9.18 Å². The molecule has 6 nitrogen and oxygen atoms in total. The first-order valence-corrected chi connectivity index (χ1v) is 8.82. The first-order valence-electron chi connectivity index (χ1n) is 8.82. The number of hydrogen-bond donors (Lipinski definition) is 0. The summed E-state index contributed by atoms with van der Waals surface area (Å²) in [5.41, 5.74) is 2.50. The van der Waals surface area contributed by atoms with Crippen molar-refractivity contribution in [2.24, 2.45) is 0 Å². The van der Waals surface area contributed by atoms with Gasteiger partial charge in [0.15, 0.2) is 6.61 Å². The van der Waals surface area contributed by atoms with E-state index in [-0.39, 0.29) is 13.0 Å². The normalized spacial score (nSPS) is 15.5. The number of hydrogen-bond acceptors (Lipinski definition) is 5. The smallest absolute Gasteiger partial charge is 0.328 e. The number of carbonyl (C=O) groups excluding carboxylic acids is 3. The Labute approximate surface area is 161 Å². The zero-order valence-electron chi connectivity index (χ0n) is 15.4. The summed E-state index contributed by atoms with van der Waals surface area (Å²) in [6.07, 6.45) is 0.273. The van der Waals surface area contributed by atoms with Crippen LogP contribution in [0.5, 0.6) is 0 Å². The maximum absolute atomic E-state index is 12.9. The first-order chi connectivity index (χ1) is 13.5. The van der Waals surface area contributed by atoms with E-state index in [2.05, 4.69) is 0 Å². The van der Waals surface area contributed by atoms with Crippen LogP contribution in [0.3, 0.4) is 0 Å². The Balaban J connectivity index is 1.63. The van der Waals surface area contributed by atoms with E-state index in [0.717, 1.165) is 11.1 Å². The van der Waals surface area contributed by atoms with Crippen molar-refractivity contribution in [3.8, 4) is 0 Å². The lowest BCUT2D eigenvalue weighted by atomic mass is 9.94. The van der Waals surface area contributed by atoms with E-state index < -0.39 is 36.3 Å². The second kappa shape index (κ2) is 8.65. The molecule has 0 radical (unpaired) electrons. The molecule has 0 saturated carbocycles. The minimum atomic E-state index is -0.761. The zero-order valence-corrected chi connectivity index (χ0v) is 15.4.